The van der Waals surface area contributed by atoms with Gasteiger partial charge in [0.1, 0.15) is 5.82 Å². The van der Waals surface area contributed by atoms with E-state index in [1.807, 2.05) is 12.3 Å². The number of aromatic nitrogens is 1. The molecular formula is C12H17BrN2. The second kappa shape index (κ2) is 4.52. The predicted molar refractivity (Wildman–Crippen MR) is 67.2 cm³/mol. The van der Waals surface area contributed by atoms with E-state index < -0.39 is 0 Å². The van der Waals surface area contributed by atoms with Crippen molar-refractivity contribution >= 4 is 21.7 Å². The molecule has 0 aliphatic carbocycles. The van der Waals surface area contributed by atoms with Gasteiger partial charge in [0, 0.05) is 18.3 Å². The normalized spacial score (nSPS) is 26.7. The van der Waals surface area contributed by atoms with Crippen LogP contribution in [-0.4, -0.2) is 17.1 Å². The summed E-state index contributed by atoms with van der Waals surface area (Å²) in [6, 6.07) is 5.23. The maximum Gasteiger partial charge on any atom is 0.143 e. The predicted octanol–water partition coefficient (Wildman–Crippen LogP) is 3.61. The van der Waals surface area contributed by atoms with Gasteiger partial charge in [0.2, 0.25) is 0 Å². The molecule has 2 rings (SSSR count). The average Bonchev–Trinajstić information content (AvgIpc) is 2.20. The SMILES string of the molecule is C[C@@H]1CCC[C@H](C)N1c1ncccc1Br. The van der Waals surface area contributed by atoms with E-state index in [4.69, 9.17) is 0 Å². The van der Waals surface area contributed by atoms with Crippen LogP contribution >= 0.6 is 15.9 Å². The Labute approximate surface area is 99.8 Å². The van der Waals surface area contributed by atoms with Crippen LogP contribution in [-0.2, 0) is 0 Å². The molecule has 0 bridgehead atoms. The highest BCUT2D eigenvalue weighted by atomic mass is 79.9. The number of anilines is 1. The fourth-order valence-electron chi connectivity index (χ4n) is 2.41. The smallest absolute Gasteiger partial charge is 0.143 e. The molecule has 82 valence electrons. The van der Waals surface area contributed by atoms with Crippen LogP contribution in [0.25, 0.3) is 0 Å². The molecule has 2 heterocycles. The monoisotopic (exact) mass is 268 g/mol. The van der Waals surface area contributed by atoms with Crippen molar-refractivity contribution < 1.29 is 0 Å². The molecule has 1 aliphatic rings. The lowest BCUT2D eigenvalue weighted by Crippen LogP contribution is -2.44. The van der Waals surface area contributed by atoms with Gasteiger partial charge < -0.3 is 4.90 Å². The van der Waals surface area contributed by atoms with E-state index in [1.165, 1.54) is 19.3 Å². The number of nitrogens with zero attached hydrogens (tertiary/aromatic N) is 2. The number of hydrogen-bond acceptors (Lipinski definition) is 2. The highest BCUT2D eigenvalue weighted by Crippen LogP contribution is 2.32. The molecule has 0 amide bonds. The average molecular weight is 269 g/mol. The maximum atomic E-state index is 4.48. The number of piperidine rings is 1. The molecule has 0 aromatic carbocycles. The number of hydrogen-bond donors (Lipinski definition) is 0. The molecule has 2 nitrogen and oxygen atoms in total. The third-order valence-corrected chi connectivity index (χ3v) is 3.80. The van der Waals surface area contributed by atoms with E-state index in [1.54, 1.807) is 0 Å². The first-order valence-corrected chi connectivity index (χ1v) is 6.38. The Balaban J connectivity index is 2.31. The van der Waals surface area contributed by atoms with Crippen LogP contribution in [0, 0.1) is 0 Å². The number of halogens is 1. The molecule has 15 heavy (non-hydrogen) atoms. The van der Waals surface area contributed by atoms with Gasteiger partial charge in [-0.25, -0.2) is 4.98 Å². The van der Waals surface area contributed by atoms with Crippen LogP contribution in [0.2, 0.25) is 0 Å². The fraction of sp³-hybridized carbons (Fsp3) is 0.583. The minimum atomic E-state index is 0.597. The Bertz CT molecular complexity index is 330. The molecule has 1 fully saturated rings. The van der Waals surface area contributed by atoms with E-state index in [0.29, 0.717) is 12.1 Å². The van der Waals surface area contributed by atoms with Gasteiger partial charge in [0.25, 0.3) is 0 Å². The van der Waals surface area contributed by atoms with Crippen molar-refractivity contribution in [1.82, 2.24) is 4.98 Å². The van der Waals surface area contributed by atoms with Crippen LogP contribution in [0.3, 0.4) is 0 Å². The lowest BCUT2D eigenvalue weighted by molar-refractivity contribution is 0.410. The van der Waals surface area contributed by atoms with Crippen molar-refractivity contribution in [3.8, 4) is 0 Å². The first kappa shape index (κ1) is 10.9. The summed E-state index contributed by atoms with van der Waals surface area (Å²) in [5, 5.41) is 0. The summed E-state index contributed by atoms with van der Waals surface area (Å²) < 4.78 is 1.10. The third-order valence-electron chi connectivity index (χ3n) is 3.18. The minimum absolute atomic E-state index is 0.597. The molecule has 3 heteroatoms. The third kappa shape index (κ3) is 2.17. The van der Waals surface area contributed by atoms with Crippen molar-refractivity contribution in [2.24, 2.45) is 0 Å². The molecule has 1 aromatic heterocycles. The number of rotatable bonds is 1. The zero-order chi connectivity index (χ0) is 10.8. The highest BCUT2D eigenvalue weighted by molar-refractivity contribution is 9.10. The molecule has 0 radical (unpaired) electrons. The van der Waals surface area contributed by atoms with Gasteiger partial charge in [0.15, 0.2) is 0 Å². The van der Waals surface area contributed by atoms with Crippen LogP contribution in [0.4, 0.5) is 5.82 Å². The van der Waals surface area contributed by atoms with E-state index in [2.05, 4.69) is 45.7 Å². The summed E-state index contributed by atoms with van der Waals surface area (Å²) in [7, 11) is 0. The molecule has 0 N–H and O–H groups in total. The van der Waals surface area contributed by atoms with Crippen LogP contribution in [0.1, 0.15) is 33.1 Å². The van der Waals surface area contributed by atoms with Crippen molar-refractivity contribution in [2.75, 3.05) is 4.90 Å². The van der Waals surface area contributed by atoms with Crippen molar-refractivity contribution in [3.63, 3.8) is 0 Å². The molecule has 1 aromatic rings. The molecular weight excluding hydrogens is 252 g/mol. The Hall–Kier alpha value is -0.570. The van der Waals surface area contributed by atoms with Gasteiger partial charge in [-0.3, -0.25) is 0 Å². The molecule has 0 unspecified atom stereocenters. The Kier molecular flexibility index (Phi) is 3.29. The van der Waals surface area contributed by atoms with Crippen LogP contribution < -0.4 is 4.90 Å². The summed E-state index contributed by atoms with van der Waals surface area (Å²) in [6.07, 6.45) is 5.75. The van der Waals surface area contributed by atoms with Gasteiger partial charge in [-0.1, -0.05) is 0 Å². The van der Waals surface area contributed by atoms with Gasteiger partial charge >= 0.3 is 0 Å². The van der Waals surface area contributed by atoms with Crippen LogP contribution in [0.5, 0.6) is 0 Å². The Morgan fingerprint density at radius 1 is 1.33 bits per heavy atom. The van der Waals surface area contributed by atoms with E-state index in [0.717, 1.165) is 10.3 Å². The zero-order valence-corrected chi connectivity index (χ0v) is 10.9. The van der Waals surface area contributed by atoms with E-state index in [-0.39, 0.29) is 0 Å². The summed E-state index contributed by atoms with van der Waals surface area (Å²) in [4.78, 5) is 6.92. The summed E-state index contributed by atoms with van der Waals surface area (Å²) in [5.41, 5.74) is 0. The van der Waals surface area contributed by atoms with Crippen LogP contribution in [0.15, 0.2) is 22.8 Å². The van der Waals surface area contributed by atoms with E-state index >= 15 is 0 Å². The second-order valence-electron chi connectivity index (χ2n) is 4.35. The molecule has 2 atom stereocenters. The van der Waals surface area contributed by atoms with Crippen molar-refractivity contribution in [2.45, 2.75) is 45.2 Å². The summed E-state index contributed by atoms with van der Waals surface area (Å²) in [6.45, 7) is 4.58. The zero-order valence-electron chi connectivity index (χ0n) is 9.28. The molecule has 1 saturated heterocycles. The van der Waals surface area contributed by atoms with Gasteiger partial charge in [-0.2, -0.15) is 0 Å². The topological polar surface area (TPSA) is 16.1 Å². The lowest BCUT2D eigenvalue weighted by Gasteiger charge is -2.40. The molecule has 0 saturated carbocycles. The van der Waals surface area contributed by atoms with Crippen molar-refractivity contribution in [1.29, 1.82) is 0 Å². The molecule has 0 spiro atoms. The lowest BCUT2D eigenvalue weighted by atomic mass is 9.97. The standard InChI is InChI=1S/C12H17BrN2/c1-9-5-3-6-10(2)15(9)12-11(13)7-4-8-14-12/h4,7-10H,3,5-6H2,1-2H3/t9-,10+. The quantitative estimate of drug-likeness (QED) is 0.774. The molecule has 1 aliphatic heterocycles. The number of pyridine rings is 1. The maximum absolute atomic E-state index is 4.48. The first-order valence-electron chi connectivity index (χ1n) is 5.59. The first-order chi connectivity index (χ1) is 7.20. The fourth-order valence-corrected chi connectivity index (χ4v) is 2.87. The minimum Gasteiger partial charge on any atom is -0.350 e. The van der Waals surface area contributed by atoms with Crippen molar-refractivity contribution in [3.05, 3.63) is 22.8 Å². The Morgan fingerprint density at radius 2 is 2.00 bits per heavy atom. The summed E-state index contributed by atoms with van der Waals surface area (Å²) >= 11 is 3.58. The van der Waals surface area contributed by atoms with E-state index in [9.17, 15) is 0 Å². The summed E-state index contributed by atoms with van der Waals surface area (Å²) in [5.74, 6) is 1.09. The Morgan fingerprint density at radius 3 is 2.60 bits per heavy atom. The highest BCUT2D eigenvalue weighted by Gasteiger charge is 2.26. The van der Waals surface area contributed by atoms with Gasteiger partial charge in [-0.05, 0) is 61.2 Å². The van der Waals surface area contributed by atoms with Gasteiger partial charge in [0.05, 0.1) is 4.47 Å². The second-order valence-corrected chi connectivity index (χ2v) is 5.20. The largest absolute Gasteiger partial charge is 0.350 e. The van der Waals surface area contributed by atoms with Gasteiger partial charge in [-0.15, -0.1) is 0 Å².